The van der Waals surface area contributed by atoms with E-state index in [1.807, 2.05) is 39.1 Å². The Balaban J connectivity index is 1.87. The number of pyridine rings is 1. The van der Waals surface area contributed by atoms with Crippen LogP contribution in [0.15, 0.2) is 22.8 Å². The molecule has 1 amide bonds. The van der Waals surface area contributed by atoms with Crippen LogP contribution in [0.4, 0.5) is 4.79 Å². The monoisotopic (exact) mass is 369 g/mol. The zero-order chi connectivity index (χ0) is 16.2. The second-order valence-electron chi connectivity index (χ2n) is 6.56. The minimum atomic E-state index is -0.440. The highest BCUT2D eigenvalue weighted by atomic mass is 79.9. The second kappa shape index (κ2) is 7.42. The molecule has 1 fully saturated rings. The first-order chi connectivity index (χ1) is 10.3. The van der Waals surface area contributed by atoms with Gasteiger partial charge in [0.05, 0.1) is 5.69 Å². The summed E-state index contributed by atoms with van der Waals surface area (Å²) >= 11 is 3.40. The fourth-order valence-corrected chi connectivity index (χ4v) is 2.60. The Kier molecular flexibility index (Phi) is 5.81. The number of carbonyl (C=O) groups is 1. The number of carbonyl (C=O) groups excluding carboxylic acids is 1. The van der Waals surface area contributed by atoms with Crippen molar-refractivity contribution in [1.82, 2.24) is 14.8 Å². The van der Waals surface area contributed by atoms with Crippen LogP contribution in [-0.2, 0) is 11.3 Å². The van der Waals surface area contributed by atoms with E-state index in [9.17, 15) is 4.79 Å². The van der Waals surface area contributed by atoms with Crippen molar-refractivity contribution >= 4 is 22.0 Å². The number of nitrogens with zero attached hydrogens (tertiary/aromatic N) is 3. The van der Waals surface area contributed by atoms with Gasteiger partial charge in [0.1, 0.15) is 5.60 Å². The number of amides is 1. The van der Waals surface area contributed by atoms with Gasteiger partial charge in [-0.15, -0.1) is 0 Å². The lowest BCUT2D eigenvalue weighted by Gasteiger charge is -2.26. The largest absolute Gasteiger partial charge is 0.444 e. The number of ether oxygens (including phenoxy) is 1. The molecular weight excluding hydrogens is 346 g/mol. The van der Waals surface area contributed by atoms with Crippen LogP contribution in [0.3, 0.4) is 0 Å². The van der Waals surface area contributed by atoms with Gasteiger partial charge in [-0.1, -0.05) is 0 Å². The quantitative estimate of drug-likeness (QED) is 0.802. The summed E-state index contributed by atoms with van der Waals surface area (Å²) in [6, 6.07) is 4.04. The van der Waals surface area contributed by atoms with Crippen molar-refractivity contribution in [3.8, 4) is 0 Å². The minimum Gasteiger partial charge on any atom is -0.444 e. The summed E-state index contributed by atoms with van der Waals surface area (Å²) in [6.07, 6.45) is 2.56. The van der Waals surface area contributed by atoms with Gasteiger partial charge in [0, 0.05) is 43.4 Å². The number of hydrogen-bond acceptors (Lipinski definition) is 4. The molecule has 0 spiro atoms. The molecular formula is C16H24BrN3O2. The lowest BCUT2D eigenvalue weighted by Crippen LogP contribution is -2.39. The van der Waals surface area contributed by atoms with Crippen LogP contribution < -0.4 is 0 Å². The van der Waals surface area contributed by atoms with Crippen molar-refractivity contribution < 1.29 is 9.53 Å². The lowest BCUT2D eigenvalue weighted by atomic mass is 10.2. The summed E-state index contributed by atoms with van der Waals surface area (Å²) in [4.78, 5) is 20.7. The molecule has 0 N–H and O–H groups in total. The molecule has 6 heteroatoms. The highest BCUT2D eigenvalue weighted by Gasteiger charge is 2.24. The molecule has 1 aliphatic heterocycles. The third-order valence-electron chi connectivity index (χ3n) is 3.41. The SMILES string of the molecule is CC(C)(C)OC(=O)N1CCCN(Cc2ccc(Br)cn2)CC1. The maximum absolute atomic E-state index is 12.1. The van der Waals surface area contributed by atoms with Crippen molar-refractivity contribution in [2.45, 2.75) is 39.3 Å². The van der Waals surface area contributed by atoms with Crippen LogP contribution in [0, 0.1) is 0 Å². The van der Waals surface area contributed by atoms with E-state index < -0.39 is 5.60 Å². The predicted molar refractivity (Wildman–Crippen MR) is 89.6 cm³/mol. The Morgan fingerprint density at radius 3 is 2.68 bits per heavy atom. The van der Waals surface area contributed by atoms with Crippen LogP contribution in [0.5, 0.6) is 0 Å². The average molecular weight is 370 g/mol. The zero-order valence-corrected chi connectivity index (χ0v) is 15.1. The van der Waals surface area contributed by atoms with Crippen LogP contribution in [0.2, 0.25) is 0 Å². The van der Waals surface area contributed by atoms with Crippen molar-refractivity contribution in [2.75, 3.05) is 26.2 Å². The minimum absolute atomic E-state index is 0.212. The Hall–Kier alpha value is -1.14. The molecule has 2 heterocycles. The molecule has 2 rings (SSSR count). The van der Waals surface area contributed by atoms with Gasteiger partial charge in [-0.05, 0) is 55.3 Å². The van der Waals surface area contributed by atoms with Crippen molar-refractivity contribution in [3.63, 3.8) is 0 Å². The Morgan fingerprint density at radius 2 is 2.05 bits per heavy atom. The molecule has 1 saturated heterocycles. The molecule has 122 valence electrons. The van der Waals surface area contributed by atoms with E-state index in [4.69, 9.17) is 4.74 Å². The highest BCUT2D eigenvalue weighted by Crippen LogP contribution is 2.14. The zero-order valence-electron chi connectivity index (χ0n) is 13.5. The first-order valence-corrected chi connectivity index (χ1v) is 8.43. The van der Waals surface area contributed by atoms with Crippen LogP contribution in [-0.4, -0.2) is 52.7 Å². The van der Waals surface area contributed by atoms with E-state index >= 15 is 0 Å². The first-order valence-electron chi connectivity index (χ1n) is 7.64. The van der Waals surface area contributed by atoms with Crippen molar-refractivity contribution in [2.24, 2.45) is 0 Å². The molecule has 0 bridgehead atoms. The van der Waals surface area contributed by atoms with Gasteiger partial charge in [0.15, 0.2) is 0 Å². The maximum Gasteiger partial charge on any atom is 0.410 e. The number of rotatable bonds is 2. The Labute approximate surface area is 140 Å². The van der Waals surface area contributed by atoms with Gasteiger partial charge in [-0.2, -0.15) is 0 Å². The van der Waals surface area contributed by atoms with E-state index in [0.29, 0.717) is 6.54 Å². The molecule has 0 aromatic carbocycles. The van der Waals surface area contributed by atoms with Gasteiger partial charge in [0.25, 0.3) is 0 Å². The van der Waals surface area contributed by atoms with Crippen LogP contribution in [0.1, 0.15) is 32.9 Å². The molecule has 5 nitrogen and oxygen atoms in total. The second-order valence-corrected chi connectivity index (χ2v) is 7.48. The molecule has 0 atom stereocenters. The molecule has 1 aromatic heterocycles. The molecule has 1 aliphatic rings. The van der Waals surface area contributed by atoms with E-state index in [0.717, 1.165) is 42.8 Å². The Bertz CT molecular complexity index is 499. The van der Waals surface area contributed by atoms with E-state index in [1.54, 1.807) is 4.90 Å². The summed E-state index contributed by atoms with van der Waals surface area (Å²) in [6.45, 7) is 9.77. The smallest absolute Gasteiger partial charge is 0.410 e. The molecule has 0 radical (unpaired) electrons. The van der Waals surface area contributed by atoms with E-state index in [1.165, 1.54) is 0 Å². The molecule has 22 heavy (non-hydrogen) atoms. The number of aromatic nitrogens is 1. The van der Waals surface area contributed by atoms with Gasteiger partial charge >= 0.3 is 6.09 Å². The number of hydrogen-bond donors (Lipinski definition) is 0. The van der Waals surface area contributed by atoms with Crippen LogP contribution in [0.25, 0.3) is 0 Å². The molecule has 0 unspecified atom stereocenters. The summed E-state index contributed by atoms with van der Waals surface area (Å²) in [7, 11) is 0. The summed E-state index contributed by atoms with van der Waals surface area (Å²) in [5, 5.41) is 0. The van der Waals surface area contributed by atoms with E-state index in [2.05, 4.69) is 25.8 Å². The predicted octanol–water partition coefficient (Wildman–Crippen LogP) is 3.29. The Morgan fingerprint density at radius 1 is 1.27 bits per heavy atom. The summed E-state index contributed by atoms with van der Waals surface area (Å²) < 4.78 is 6.44. The summed E-state index contributed by atoms with van der Waals surface area (Å²) in [5.41, 5.74) is 0.610. The molecule has 0 saturated carbocycles. The van der Waals surface area contributed by atoms with Gasteiger partial charge in [-0.25, -0.2) is 4.79 Å². The lowest BCUT2D eigenvalue weighted by molar-refractivity contribution is 0.0257. The maximum atomic E-state index is 12.1. The van der Waals surface area contributed by atoms with Gasteiger partial charge < -0.3 is 9.64 Å². The van der Waals surface area contributed by atoms with E-state index in [-0.39, 0.29) is 6.09 Å². The highest BCUT2D eigenvalue weighted by molar-refractivity contribution is 9.10. The number of halogens is 1. The molecule has 1 aromatic rings. The topological polar surface area (TPSA) is 45.7 Å². The van der Waals surface area contributed by atoms with Gasteiger partial charge in [0.2, 0.25) is 0 Å². The fraction of sp³-hybridized carbons (Fsp3) is 0.625. The standard InChI is InChI=1S/C16H24BrN3O2/c1-16(2,3)22-15(21)20-8-4-7-19(9-10-20)12-14-6-5-13(17)11-18-14/h5-6,11H,4,7-10,12H2,1-3H3. The van der Waals surface area contributed by atoms with Crippen molar-refractivity contribution in [3.05, 3.63) is 28.5 Å². The average Bonchev–Trinajstić information content (AvgIpc) is 2.65. The van der Waals surface area contributed by atoms with Crippen molar-refractivity contribution in [1.29, 1.82) is 0 Å². The van der Waals surface area contributed by atoms with Gasteiger partial charge in [-0.3, -0.25) is 9.88 Å². The summed E-state index contributed by atoms with van der Waals surface area (Å²) in [5.74, 6) is 0. The normalized spacial score (nSPS) is 17.2. The van der Waals surface area contributed by atoms with Crippen LogP contribution >= 0.6 is 15.9 Å². The third kappa shape index (κ3) is 5.57. The third-order valence-corrected chi connectivity index (χ3v) is 3.88. The molecule has 0 aliphatic carbocycles. The first kappa shape index (κ1) is 17.2. The fourth-order valence-electron chi connectivity index (χ4n) is 2.37.